The van der Waals surface area contributed by atoms with Gasteiger partial charge in [0.15, 0.2) is 5.65 Å². The van der Waals surface area contributed by atoms with Crippen molar-refractivity contribution in [1.82, 2.24) is 14.6 Å². The fourth-order valence-electron chi connectivity index (χ4n) is 4.93. The van der Waals surface area contributed by atoms with Crippen molar-refractivity contribution in [3.63, 3.8) is 0 Å². The predicted octanol–water partition coefficient (Wildman–Crippen LogP) is 3.41. The zero-order valence-electron chi connectivity index (χ0n) is 15.3. The van der Waals surface area contributed by atoms with Crippen molar-refractivity contribution in [2.24, 2.45) is 17.6 Å². The number of aryl methyl sites for hydroxylation is 1. The lowest BCUT2D eigenvalue weighted by molar-refractivity contribution is 0.344. The van der Waals surface area contributed by atoms with Crippen LogP contribution >= 0.6 is 0 Å². The van der Waals surface area contributed by atoms with Crippen molar-refractivity contribution in [2.45, 2.75) is 76.3 Å². The molecule has 2 aromatic rings. The Morgan fingerprint density at radius 3 is 2.48 bits per heavy atom. The minimum atomic E-state index is 0.237. The second-order valence-corrected chi connectivity index (χ2v) is 8.84. The van der Waals surface area contributed by atoms with Crippen molar-refractivity contribution in [3.05, 3.63) is 23.5 Å². The van der Waals surface area contributed by atoms with Crippen LogP contribution in [0.3, 0.4) is 0 Å². The number of hydrogen-bond donors (Lipinski definition) is 2. The van der Waals surface area contributed by atoms with Gasteiger partial charge in [-0.2, -0.15) is 9.61 Å². The summed E-state index contributed by atoms with van der Waals surface area (Å²) in [6.07, 6.45) is 10.7. The van der Waals surface area contributed by atoms with Gasteiger partial charge in [0.25, 0.3) is 0 Å². The number of nitrogens with two attached hydrogens (primary N) is 1. The van der Waals surface area contributed by atoms with E-state index in [2.05, 4.69) is 30.3 Å². The highest BCUT2D eigenvalue weighted by Crippen LogP contribution is 2.58. The molecular weight excluding hydrogens is 310 g/mol. The molecule has 0 spiro atoms. The molecule has 3 fully saturated rings. The highest BCUT2D eigenvalue weighted by Gasteiger charge is 2.53. The molecule has 0 aromatic carbocycles. The summed E-state index contributed by atoms with van der Waals surface area (Å²) in [7, 11) is 0. The molecular formula is C20H29N5. The van der Waals surface area contributed by atoms with Gasteiger partial charge in [0, 0.05) is 29.1 Å². The fourth-order valence-corrected chi connectivity index (χ4v) is 4.93. The van der Waals surface area contributed by atoms with Crippen molar-refractivity contribution in [3.8, 4) is 0 Å². The number of nitrogens with zero attached hydrogens (tertiary/aromatic N) is 3. The van der Waals surface area contributed by atoms with Gasteiger partial charge in [-0.1, -0.05) is 6.92 Å². The summed E-state index contributed by atoms with van der Waals surface area (Å²) in [5.74, 6) is 2.72. The summed E-state index contributed by atoms with van der Waals surface area (Å²) < 4.78 is 1.99. The first-order chi connectivity index (χ1) is 12.1. The van der Waals surface area contributed by atoms with Crippen molar-refractivity contribution in [1.29, 1.82) is 0 Å². The monoisotopic (exact) mass is 339 g/mol. The Bertz CT molecular complexity index is 790. The summed E-state index contributed by atoms with van der Waals surface area (Å²) >= 11 is 0. The molecule has 3 aliphatic rings. The molecule has 5 rings (SSSR count). The van der Waals surface area contributed by atoms with E-state index in [0.29, 0.717) is 12.1 Å². The third kappa shape index (κ3) is 2.55. The summed E-state index contributed by atoms with van der Waals surface area (Å²) in [6.45, 7) is 4.57. The SMILES string of the molecule is Cc1cnn2c(N[C@H]3CC[C@H](N)C3)cc(C(C)(C3CC3)C3CC3)nc12. The lowest BCUT2D eigenvalue weighted by Crippen LogP contribution is -2.30. The van der Waals surface area contributed by atoms with Crippen LogP contribution in [0, 0.1) is 18.8 Å². The van der Waals surface area contributed by atoms with Gasteiger partial charge >= 0.3 is 0 Å². The number of fused-ring (bicyclic) bond motifs is 1. The van der Waals surface area contributed by atoms with E-state index < -0.39 is 0 Å². The second kappa shape index (κ2) is 5.44. The number of anilines is 1. The molecule has 0 saturated heterocycles. The van der Waals surface area contributed by atoms with Crippen LogP contribution in [0.1, 0.15) is 63.1 Å². The second-order valence-electron chi connectivity index (χ2n) is 8.84. The van der Waals surface area contributed by atoms with Gasteiger partial charge < -0.3 is 11.1 Å². The lowest BCUT2D eigenvalue weighted by atomic mass is 9.76. The molecule has 3 N–H and O–H groups in total. The molecule has 2 heterocycles. The van der Waals surface area contributed by atoms with Gasteiger partial charge in [0.05, 0.1) is 11.9 Å². The number of rotatable bonds is 5. The topological polar surface area (TPSA) is 68.2 Å². The van der Waals surface area contributed by atoms with Crippen LogP contribution in [-0.2, 0) is 5.41 Å². The summed E-state index contributed by atoms with van der Waals surface area (Å²) in [6, 6.07) is 3.07. The average Bonchev–Trinajstić information content (AvgIpc) is 3.51. The van der Waals surface area contributed by atoms with Gasteiger partial charge in [0.1, 0.15) is 5.82 Å². The smallest absolute Gasteiger partial charge is 0.160 e. The quantitative estimate of drug-likeness (QED) is 0.876. The Morgan fingerprint density at radius 1 is 1.16 bits per heavy atom. The number of nitrogens with one attached hydrogen (secondary N) is 1. The Labute approximate surface area is 149 Å². The molecule has 2 atom stereocenters. The Hall–Kier alpha value is -1.62. The van der Waals surface area contributed by atoms with E-state index in [-0.39, 0.29) is 5.41 Å². The zero-order valence-corrected chi connectivity index (χ0v) is 15.3. The van der Waals surface area contributed by atoms with E-state index in [1.807, 2.05) is 10.7 Å². The lowest BCUT2D eigenvalue weighted by Gasteiger charge is -2.30. The molecule has 0 aliphatic heterocycles. The third-order valence-electron chi connectivity index (χ3n) is 6.88. The van der Waals surface area contributed by atoms with Gasteiger partial charge in [-0.15, -0.1) is 0 Å². The predicted molar refractivity (Wildman–Crippen MR) is 99.8 cm³/mol. The Balaban J connectivity index is 1.58. The van der Waals surface area contributed by atoms with Crippen molar-refractivity contribution < 1.29 is 0 Å². The molecule has 3 aliphatic carbocycles. The van der Waals surface area contributed by atoms with Crippen LogP contribution in [0.4, 0.5) is 5.82 Å². The first kappa shape index (κ1) is 15.6. The van der Waals surface area contributed by atoms with Gasteiger partial charge in [-0.3, -0.25) is 0 Å². The number of hydrogen-bond acceptors (Lipinski definition) is 4. The molecule has 25 heavy (non-hydrogen) atoms. The van der Waals surface area contributed by atoms with Crippen LogP contribution in [0.2, 0.25) is 0 Å². The maximum atomic E-state index is 6.12. The molecule has 0 bridgehead atoms. The number of aromatic nitrogens is 3. The van der Waals surface area contributed by atoms with Crippen LogP contribution in [-0.4, -0.2) is 26.7 Å². The Kier molecular flexibility index (Phi) is 3.40. The zero-order chi connectivity index (χ0) is 17.2. The van der Waals surface area contributed by atoms with Crippen LogP contribution < -0.4 is 11.1 Å². The van der Waals surface area contributed by atoms with Crippen molar-refractivity contribution >= 4 is 11.5 Å². The first-order valence-electron chi connectivity index (χ1n) is 9.93. The molecule has 0 unspecified atom stereocenters. The average molecular weight is 339 g/mol. The van der Waals surface area contributed by atoms with E-state index in [0.717, 1.165) is 48.1 Å². The normalized spacial score (nSPS) is 27.2. The molecule has 2 aromatic heterocycles. The van der Waals surface area contributed by atoms with E-state index in [9.17, 15) is 0 Å². The minimum absolute atomic E-state index is 0.237. The molecule has 3 saturated carbocycles. The van der Waals surface area contributed by atoms with Gasteiger partial charge in [-0.25, -0.2) is 4.98 Å². The van der Waals surface area contributed by atoms with Gasteiger partial charge in [-0.05, 0) is 63.7 Å². The highest BCUT2D eigenvalue weighted by atomic mass is 15.3. The van der Waals surface area contributed by atoms with Crippen LogP contribution in [0.25, 0.3) is 5.65 Å². The van der Waals surface area contributed by atoms with E-state index in [4.69, 9.17) is 10.7 Å². The Morgan fingerprint density at radius 2 is 1.88 bits per heavy atom. The molecule has 0 amide bonds. The molecule has 134 valence electrons. The van der Waals surface area contributed by atoms with Gasteiger partial charge in [0.2, 0.25) is 0 Å². The standard InChI is InChI=1S/C20H29N5/c1-12-11-22-25-18(23-16-8-7-15(21)9-16)10-17(24-19(12)25)20(2,13-3-4-13)14-5-6-14/h10-11,13-16,23H,3-9,21H2,1-2H3/t15-,16-/m0/s1. The maximum Gasteiger partial charge on any atom is 0.160 e. The summed E-state index contributed by atoms with van der Waals surface area (Å²) in [5.41, 5.74) is 9.79. The van der Waals surface area contributed by atoms with E-state index in [1.165, 1.54) is 31.4 Å². The highest BCUT2D eigenvalue weighted by molar-refractivity contribution is 5.55. The fraction of sp³-hybridized carbons (Fsp3) is 0.700. The summed E-state index contributed by atoms with van der Waals surface area (Å²) in [4.78, 5) is 5.12. The van der Waals surface area contributed by atoms with Crippen LogP contribution in [0.15, 0.2) is 12.3 Å². The van der Waals surface area contributed by atoms with Crippen LogP contribution in [0.5, 0.6) is 0 Å². The minimum Gasteiger partial charge on any atom is -0.367 e. The molecule has 5 nitrogen and oxygen atoms in total. The van der Waals surface area contributed by atoms with E-state index in [1.54, 1.807) is 0 Å². The third-order valence-corrected chi connectivity index (χ3v) is 6.88. The summed E-state index contributed by atoms with van der Waals surface area (Å²) in [5, 5.41) is 8.32. The first-order valence-corrected chi connectivity index (χ1v) is 9.93. The maximum absolute atomic E-state index is 6.12. The molecule has 0 radical (unpaired) electrons. The van der Waals surface area contributed by atoms with E-state index >= 15 is 0 Å². The largest absolute Gasteiger partial charge is 0.367 e. The van der Waals surface area contributed by atoms with Crippen molar-refractivity contribution in [2.75, 3.05) is 5.32 Å². The molecule has 5 heteroatoms.